The second kappa shape index (κ2) is 7.29. The number of carboxylic acid groups (broad SMARTS) is 1. The molecule has 0 bridgehead atoms. The van der Waals surface area contributed by atoms with Gasteiger partial charge in [0.05, 0.1) is 6.61 Å². The van der Waals surface area contributed by atoms with Crippen molar-refractivity contribution in [3.05, 3.63) is 29.8 Å². The molecule has 0 radical (unpaired) electrons. The van der Waals surface area contributed by atoms with Gasteiger partial charge in [-0.25, -0.2) is 4.79 Å². The Balaban J connectivity index is 2.47. The first-order valence-electron chi connectivity index (χ1n) is 5.34. The van der Waals surface area contributed by atoms with Crippen LogP contribution in [0, 0.1) is 0 Å². The summed E-state index contributed by atoms with van der Waals surface area (Å²) in [5.41, 5.74) is 0.352. The molecular formula is C12H15BrO4. The van der Waals surface area contributed by atoms with Gasteiger partial charge < -0.3 is 14.9 Å². The predicted octanol–water partition coefficient (Wildman–Crippen LogP) is 2.36. The van der Waals surface area contributed by atoms with Crippen LogP contribution in [0.25, 0.3) is 0 Å². The van der Waals surface area contributed by atoms with Crippen molar-refractivity contribution in [2.24, 2.45) is 0 Å². The van der Waals surface area contributed by atoms with Gasteiger partial charge >= 0.3 is 5.97 Å². The summed E-state index contributed by atoms with van der Waals surface area (Å²) in [5, 5.41) is 18.9. The van der Waals surface area contributed by atoms with Crippen LogP contribution < -0.4 is 4.74 Å². The number of aliphatic hydroxyl groups is 1. The Morgan fingerprint density at radius 1 is 1.29 bits per heavy atom. The van der Waals surface area contributed by atoms with E-state index < -0.39 is 12.1 Å². The van der Waals surface area contributed by atoms with Crippen LogP contribution >= 0.6 is 15.9 Å². The first-order valence-corrected chi connectivity index (χ1v) is 6.47. The van der Waals surface area contributed by atoms with Gasteiger partial charge in [0.25, 0.3) is 0 Å². The number of carboxylic acids is 1. The lowest BCUT2D eigenvalue weighted by molar-refractivity contribution is -0.146. The minimum absolute atomic E-state index is 0.352. The van der Waals surface area contributed by atoms with E-state index in [1.165, 1.54) is 0 Å². The van der Waals surface area contributed by atoms with Crippen LogP contribution in [0.1, 0.15) is 24.5 Å². The number of alkyl halides is 1. The van der Waals surface area contributed by atoms with Crippen molar-refractivity contribution in [1.82, 2.24) is 0 Å². The van der Waals surface area contributed by atoms with E-state index in [0.29, 0.717) is 17.9 Å². The molecule has 0 saturated heterocycles. The normalized spacial score (nSPS) is 12.1. The Morgan fingerprint density at radius 3 is 2.47 bits per heavy atom. The highest BCUT2D eigenvalue weighted by Crippen LogP contribution is 2.18. The second-order valence-corrected chi connectivity index (χ2v) is 4.35. The third-order valence-electron chi connectivity index (χ3n) is 2.23. The molecule has 1 aromatic carbocycles. The van der Waals surface area contributed by atoms with E-state index >= 15 is 0 Å². The van der Waals surface area contributed by atoms with Crippen molar-refractivity contribution in [3.63, 3.8) is 0 Å². The Kier molecular flexibility index (Phi) is 6.00. The minimum atomic E-state index is -1.47. The molecule has 4 nitrogen and oxygen atoms in total. The van der Waals surface area contributed by atoms with Gasteiger partial charge in [-0.2, -0.15) is 0 Å². The molecule has 0 aliphatic carbocycles. The van der Waals surface area contributed by atoms with Crippen LogP contribution in [0.15, 0.2) is 24.3 Å². The van der Waals surface area contributed by atoms with Crippen LogP contribution in [0.2, 0.25) is 0 Å². The van der Waals surface area contributed by atoms with Crippen LogP contribution in [-0.4, -0.2) is 28.1 Å². The smallest absolute Gasteiger partial charge is 0.337 e. The zero-order valence-electron chi connectivity index (χ0n) is 9.30. The molecule has 0 aromatic heterocycles. The zero-order valence-corrected chi connectivity index (χ0v) is 10.9. The zero-order chi connectivity index (χ0) is 12.7. The summed E-state index contributed by atoms with van der Waals surface area (Å²) in [6, 6.07) is 6.43. The Hall–Kier alpha value is -1.07. The van der Waals surface area contributed by atoms with Crippen LogP contribution in [0.3, 0.4) is 0 Å². The number of hydrogen-bond acceptors (Lipinski definition) is 3. The topological polar surface area (TPSA) is 66.8 Å². The van der Waals surface area contributed by atoms with Gasteiger partial charge in [-0.05, 0) is 30.5 Å². The third kappa shape index (κ3) is 4.75. The van der Waals surface area contributed by atoms with Gasteiger partial charge in [-0.15, -0.1) is 0 Å². The number of unbranched alkanes of at least 4 members (excludes halogenated alkanes) is 1. The fraction of sp³-hybridized carbons (Fsp3) is 0.417. The Labute approximate surface area is 108 Å². The number of aliphatic hydroxyl groups excluding tert-OH is 1. The van der Waals surface area contributed by atoms with E-state index in [9.17, 15) is 9.90 Å². The van der Waals surface area contributed by atoms with Crippen LogP contribution in [0.4, 0.5) is 0 Å². The van der Waals surface area contributed by atoms with E-state index in [0.717, 1.165) is 18.2 Å². The van der Waals surface area contributed by atoms with E-state index in [2.05, 4.69) is 15.9 Å². The van der Waals surface area contributed by atoms with Gasteiger partial charge in [-0.3, -0.25) is 0 Å². The molecule has 1 aromatic rings. The van der Waals surface area contributed by atoms with Crippen molar-refractivity contribution in [3.8, 4) is 5.75 Å². The van der Waals surface area contributed by atoms with Crippen molar-refractivity contribution in [2.75, 3.05) is 11.9 Å². The largest absolute Gasteiger partial charge is 0.494 e. The summed E-state index contributed by atoms with van der Waals surface area (Å²) in [6.45, 7) is 0.631. The molecule has 94 valence electrons. The monoisotopic (exact) mass is 302 g/mol. The average molecular weight is 303 g/mol. The Bertz CT molecular complexity index is 350. The highest BCUT2D eigenvalue weighted by molar-refractivity contribution is 9.09. The number of hydrogen-bond donors (Lipinski definition) is 2. The van der Waals surface area contributed by atoms with Crippen molar-refractivity contribution in [1.29, 1.82) is 0 Å². The summed E-state index contributed by atoms with van der Waals surface area (Å²) in [4.78, 5) is 10.5. The van der Waals surface area contributed by atoms with E-state index in [1.54, 1.807) is 24.3 Å². The number of carbonyl (C=O) groups is 1. The van der Waals surface area contributed by atoms with Crippen molar-refractivity contribution < 1.29 is 19.7 Å². The molecule has 1 rings (SSSR count). The number of ether oxygens (including phenoxy) is 1. The van der Waals surface area contributed by atoms with Crippen LogP contribution in [0.5, 0.6) is 5.75 Å². The highest BCUT2D eigenvalue weighted by Gasteiger charge is 2.15. The maximum Gasteiger partial charge on any atom is 0.337 e. The number of halogens is 1. The van der Waals surface area contributed by atoms with Crippen molar-refractivity contribution >= 4 is 21.9 Å². The van der Waals surface area contributed by atoms with Gasteiger partial charge in [0, 0.05) is 5.33 Å². The highest BCUT2D eigenvalue weighted by atomic mass is 79.9. The minimum Gasteiger partial charge on any atom is -0.494 e. The number of aliphatic carboxylic acids is 1. The second-order valence-electron chi connectivity index (χ2n) is 3.55. The van der Waals surface area contributed by atoms with Gasteiger partial charge in [0.15, 0.2) is 6.10 Å². The summed E-state index contributed by atoms with van der Waals surface area (Å²) in [6.07, 6.45) is 0.540. The maximum absolute atomic E-state index is 10.5. The molecule has 0 saturated carbocycles. The van der Waals surface area contributed by atoms with Crippen molar-refractivity contribution in [2.45, 2.75) is 18.9 Å². The summed E-state index contributed by atoms with van der Waals surface area (Å²) < 4.78 is 5.45. The standard InChI is InChI=1S/C12H15BrO4/c13-7-1-2-8-17-10-5-3-9(4-6-10)11(14)12(15)16/h3-6,11,14H,1-2,7-8H2,(H,15,16). The molecule has 1 atom stereocenters. The SMILES string of the molecule is O=C(O)C(O)c1ccc(OCCCCBr)cc1. The molecular weight excluding hydrogens is 288 g/mol. The van der Waals surface area contributed by atoms with Gasteiger partial charge in [-0.1, -0.05) is 28.1 Å². The Morgan fingerprint density at radius 2 is 1.94 bits per heavy atom. The molecule has 1 unspecified atom stereocenters. The lowest BCUT2D eigenvalue weighted by Crippen LogP contribution is -2.10. The summed E-state index contributed by atoms with van der Waals surface area (Å²) >= 11 is 3.34. The first kappa shape index (κ1) is 14.0. The molecule has 5 heteroatoms. The molecule has 0 amide bonds. The predicted molar refractivity (Wildman–Crippen MR) is 67.6 cm³/mol. The number of benzene rings is 1. The van der Waals surface area contributed by atoms with E-state index in [1.807, 2.05) is 0 Å². The van der Waals surface area contributed by atoms with Crippen LogP contribution in [-0.2, 0) is 4.79 Å². The maximum atomic E-state index is 10.5. The third-order valence-corrected chi connectivity index (χ3v) is 2.79. The van der Waals surface area contributed by atoms with Gasteiger partial charge in [0.1, 0.15) is 5.75 Å². The fourth-order valence-corrected chi connectivity index (χ4v) is 1.67. The fourth-order valence-electron chi connectivity index (χ4n) is 1.28. The lowest BCUT2D eigenvalue weighted by Gasteiger charge is -2.08. The molecule has 17 heavy (non-hydrogen) atoms. The molecule has 0 heterocycles. The van der Waals surface area contributed by atoms with E-state index in [-0.39, 0.29) is 0 Å². The first-order chi connectivity index (χ1) is 8.15. The molecule has 0 aliphatic heterocycles. The molecule has 2 N–H and O–H groups in total. The lowest BCUT2D eigenvalue weighted by atomic mass is 10.1. The summed E-state index contributed by atoms with van der Waals surface area (Å²) in [7, 11) is 0. The molecule has 0 aliphatic rings. The molecule has 0 spiro atoms. The molecule has 0 fully saturated rings. The quantitative estimate of drug-likeness (QED) is 0.599. The summed E-state index contributed by atoms with van der Waals surface area (Å²) in [5.74, 6) is -0.572. The average Bonchev–Trinajstić information content (AvgIpc) is 2.34. The number of rotatable bonds is 7. The van der Waals surface area contributed by atoms with Gasteiger partial charge in [0.2, 0.25) is 0 Å². The van der Waals surface area contributed by atoms with E-state index in [4.69, 9.17) is 9.84 Å².